The molecule has 0 aromatic heterocycles. The van der Waals surface area contributed by atoms with E-state index in [4.69, 9.17) is 4.74 Å². The summed E-state index contributed by atoms with van der Waals surface area (Å²) in [5, 5.41) is 12.1. The minimum absolute atomic E-state index is 0.248. The Kier molecular flexibility index (Phi) is 4.70. The van der Waals surface area contributed by atoms with Crippen molar-refractivity contribution in [3.8, 4) is 0 Å². The number of ether oxygens (including phenoxy) is 1. The predicted molar refractivity (Wildman–Crippen MR) is 61.6 cm³/mol. The van der Waals surface area contributed by atoms with Crippen molar-refractivity contribution in [1.29, 1.82) is 0 Å². The van der Waals surface area contributed by atoms with Crippen molar-refractivity contribution in [1.82, 2.24) is 10.2 Å². The zero-order valence-corrected chi connectivity index (χ0v) is 10.3. The largest absolute Gasteiger partial charge is 0.480 e. The normalized spacial score (nSPS) is 23.7. The van der Waals surface area contributed by atoms with E-state index in [1.807, 2.05) is 0 Å². The van der Waals surface area contributed by atoms with Crippen molar-refractivity contribution >= 4 is 5.97 Å². The Labute approximate surface area is 96.8 Å². The lowest BCUT2D eigenvalue weighted by Gasteiger charge is -2.36. The maximum atomic E-state index is 11.2. The fraction of sp³-hybridized carbons (Fsp3) is 0.909. The first-order valence-electron chi connectivity index (χ1n) is 5.73. The highest BCUT2D eigenvalue weighted by atomic mass is 16.5. The zero-order chi connectivity index (χ0) is 12.2. The van der Waals surface area contributed by atoms with Crippen molar-refractivity contribution in [3.63, 3.8) is 0 Å². The smallest absolute Gasteiger partial charge is 0.323 e. The lowest BCUT2D eigenvalue weighted by molar-refractivity contribution is -0.145. The molecule has 0 aromatic rings. The SMILES string of the molecule is CNC(C)(CC(C)N1CCOCC1)C(=O)O. The van der Waals surface area contributed by atoms with E-state index in [1.165, 1.54) is 0 Å². The minimum Gasteiger partial charge on any atom is -0.480 e. The van der Waals surface area contributed by atoms with Gasteiger partial charge in [0.1, 0.15) is 5.54 Å². The second-order valence-electron chi connectivity index (χ2n) is 4.59. The number of nitrogens with zero attached hydrogens (tertiary/aromatic N) is 1. The highest BCUT2D eigenvalue weighted by molar-refractivity contribution is 5.78. The van der Waals surface area contributed by atoms with Crippen molar-refractivity contribution in [2.24, 2.45) is 0 Å². The maximum Gasteiger partial charge on any atom is 0.323 e. The molecular weight excluding hydrogens is 208 g/mol. The van der Waals surface area contributed by atoms with Gasteiger partial charge in [-0.15, -0.1) is 0 Å². The van der Waals surface area contributed by atoms with Gasteiger partial charge >= 0.3 is 5.97 Å². The fourth-order valence-corrected chi connectivity index (χ4v) is 2.03. The molecule has 1 heterocycles. The number of morpholine rings is 1. The first kappa shape index (κ1) is 13.4. The Bertz CT molecular complexity index is 241. The van der Waals surface area contributed by atoms with Gasteiger partial charge in [-0.1, -0.05) is 0 Å². The van der Waals surface area contributed by atoms with Crippen LogP contribution in [0, 0.1) is 0 Å². The number of nitrogens with one attached hydrogen (secondary N) is 1. The third-order valence-corrected chi connectivity index (χ3v) is 3.40. The molecule has 1 aliphatic rings. The van der Waals surface area contributed by atoms with Gasteiger partial charge in [0.25, 0.3) is 0 Å². The first-order chi connectivity index (χ1) is 7.49. The van der Waals surface area contributed by atoms with Crippen molar-refractivity contribution in [3.05, 3.63) is 0 Å². The molecule has 0 saturated carbocycles. The summed E-state index contributed by atoms with van der Waals surface area (Å²) in [6, 6.07) is 0.248. The van der Waals surface area contributed by atoms with E-state index in [9.17, 15) is 9.90 Å². The average molecular weight is 230 g/mol. The monoisotopic (exact) mass is 230 g/mol. The number of likely N-dealkylation sites (N-methyl/N-ethyl adjacent to an activating group) is 1. The fourth-order valence-electron chi connectivity index (χ4n) is 2.03. The third kappa shape index (κ3) is 3.17. The summed E-state index contributed by atoms with van der Waals surface area (Å²) in [5.74, 6) is -0.796. The van der Waals surface area contributed by atoms with Crippen LogP contribution in [-0.2, 0) is 9.53 Å². The van der Waals surface area contributed by atoms with Gasteiger partial charge in [-0.25, -0.2) is 0 Å². The lowest BCUT2D eigenvalue weighted by atomic mass is 9.93. The molecule has 0 amide bonds. The van der Waals surface area contributed by atoms with Crippen molar-refractivity contribution in [2.75, 3.05) is 33.4 Å². The molecule has 2 unspecified atom stereocenters. The van der Waals surface area contributed by atoms with Crippen molar-refractivity contribution < 1.29 is 14.6 Å². The number of aliphatic carboxylic acids is 1. The molecule has 2 N–H and O–H groups in total. The van der Waals surface area contributed by atoms with Gasteiger partial charge in [-0.05, 0) is 27.3 Å². The summed E-state index contributed by atoms with van der Waals surface area (Å²) < 4.78 is 5.28. The summed E-state index contributed by atoms with van der Waals surface area (Å²) >= 11 is 0. The Balaban J connectivity index is 2.53. The summed E-state index contributed by atoms with van der Waals surface area (Å²) in [5.41, 5.74) is -0.849. The van der Waals surface area contributed by atoms with Crippen LogP contribution in [0.25, 0.3) is 0 Å². The van der Waals surface area contributed by atoms with Crippen LogP contribution >= 0.6 is 0 Å². The molecule has 1 fully saturated rings. The Morgan fingerprint density at radius 1 is 1.56 bits per heavy atom. The standard InChI is InChI=1S/C11H22N2O3/c1-9(13-4-6-16-7-5-13)8-11(2,12-3)10(14)15/h9,12H,4-8H2,1-3H3,(H,14,15). The van der Waals surface area contributed by atoms with Gasteiger partial charge in [-0.3, -0.25) is 9.69 Å². The summed E-state index contributed by atoms with van der Waals surface area (Å²) in [6.07, 6.45) is 0.596. The molecule has 0 bridgehead atoms. The first-order valence-corrected chi connectivity index (χ1v) is 5.73. The molecule has 2 atom stereocenters. The summed E-state index contributed by atoms with van der Waals surface area (Å²) in [6.45, 7) is 7.07. The third-order valence-electron chi connectivity index (χ3n) is 3.40. The zero-order valence-electron chi connectivity index (χ0n) is 10.3. The van der Waals surface area contributed by atoms with E-state index in [2.05, 4.69) is 17.1 Å². The molecule has 16 heavy (non-hydrogen) atoms. The van der Waals surface area contributed by atoms with Gasteiger partial charge in [0.15, 0.2) is 0 Å². The number of carboxylic acids is 1. The number of hydrogen-bond acceptors (Lipinski definition) is 4. The quantitative estimate of drug-likeness (QED) is 0.704. The summed E-state index contributed by atoms with van der Waals surface area (Å²) in [7, 11) is 1.69. The van der Waals surface area contributed by atoms with E-state index in [1.54, 1.807) is 14.0 Å². The number of carbonyl (C=O) groups is 1. The molecular formula is C11H22N2O3. The van der Waals surface area contributed by atoms with Crippen LogP contribution in [0.2, 0.25) is 0 Å². The van der Waals surface area contributed by atoms with E-state index in [0.29, 0.717) is 6.42 Å². The Morgan fingerprint density at radius 2 is 2.12 bits per heavy atom. The molecule has 0 radical (unpaired) electrons. The van der Waals surface area contributed by atoms with Crippen LogP contribution in [0.3, 0.4) is 0 Å². The molecule has 1 rings (SSSR count). The predicted octanol–water partition coefficient (Wildman–Crippen LogP) is 0.160. The highest BCUT2D eigenvalue weighted by Crippen LogP contribution is 2.17. The van der Waals surface area contributed by atoms with Crippen LogP contribution in [0.4, 0.5) is 0 Å². The van der Waals surface area contributed by atoms with Crippen LogP contribution < -0.4 is 5.32 Å². The van der Waals surface area contributed by atoms with Gasteiger partial charge < -0.3 is 15.2 Å². The molecule has 94 valence electrons. The molecule has 1 aliphatic heterocycles. The van der Waals surface area contributed by atoms with Gasteiger partial charge in [-0.2, -0.15) is 0 Å². The Morgan fingerprint density at radius 3 is 2.56 bits per heavy atom. The second kappa shape index (κ2) is 5.61. The van der Waals surface area contributed by atoms with E-state index >= 15 is 0 Å². The van der Waals surface area contributed by atoms with E-state index in [0.717, 1.165) is 26.3 Å². The van der Waals surface area contributed by atoms with Crippen LogP contribution in [0.15, 0.2) is 0 Å². The van der Waals surface area contributed by atoms with Crippen LogP contribution in [-0.4, -0.2) is 60.9 Å². The number of rotatable bonds is 5. The molecule has 5 nitrogen and oxygen atoms in total. The van der Waals surface area contributed by atoms with Gasteiger partial charge in [0.2, 0.25) is 0 Å². The molecule has 1 saturated heterocycles. The van der Waals surface area contributed by atoms with Crippen LogP contribution in [0.5, 0.6) is 0 Å². The second-order valence-corrected chi connectivity index (χ2v) is 4.59. The molecule has 0 spiro atoms. The number of hydrogen-bond donors (Lipinski definition) is 2. The van der Waals surface area contributed by atoms with Crippen LogP contribution in [0.1, 0.15) is 20.3 Å². The van der Waals surface area contributed by atoms with Gasteiger partial charge in [0.05, 0.1) is 13.2 Å². The average Bonchev–Trinajstić information content (AvgIpc) is 2.29. The maximum absolute atomic E-state index is 11.2. The van der Waals surface area contributed by atoms with Gasteiger partial charge in [0, 0.05) is 19.1 Å². The molecule has 0 aliphatic carbocycles. The van der Waals surface area contributed by atoms with Crippen molar-refractivity contribution in [2.45, 2.75) is 31.8 Å². The minimum atomic E-state index is -0.849. The highest BCUT2D eigenvalue weighted by Gasteiger charge is 2.34. The number of carboxylic acid groups (broad SMARTS) is 1. The van der Waals surface area contributed by atoms with E-state index < -0.39 is 11.5 Å². The lowest BCUT2D eigenvalue weighted by Crippen LogP contribution is -2.53. The topological polar surface area (TPSA) is 61.8 Å². The molecule has 0 aromatic carbocycles. The molecule has 5 heteroatoms. The Hall–Kier alpha value is -0.650. The van der Waals surface area contributed by atoms with E-state index in [-0.39, 0.29) is 6.04 Å². The summed E-state index contributed by atoms with van der Waals surface area (Å²) in [4.78, 5) is 13.4.